The molecular weight excluding hydrogens is 266 g/mol. The summed E-state index contributed by atoms with van der Waals surface area (Å²) in [5.41, 5.74) is 0.684. The number of para-hydroxylation sites is 3. The topological polar surface area (TPSA) is 47.6 Å². The molecule has 21 heavy (non-hydrogen) atoms. The number of carbonyl (C=O) groups excluding carboxylic acids is 1. The lowest BCUT2D eigenvalue weighted by atomic mass is 10.3. The summed E-state index contributed by atoms with van der Waals surface area (Å²) in [6.07, 6.45) is 0.436. The van der Waals surface area contributed by atoms with E-state index in [1.54, 1.807) is 0 Å². The summed E-state index contributed by atoms with van der Waals surface area (Å²) < 4.78 is 11.2. The molecule has 0 radical (unpaired) electrons. The monoisotopic (exact) mass is 285 g/mol. The summed E-state index contributed by atoms with van der Waals surface area (Å²) in [5.74, 6) is 1.43. The first-order valence-electron chi connectivity index (χ1n) is 6.99. The number of rotatable bonds is 7. The lowest BCUT2D eigenvalue weighted by Crippen LogP contribution is -2.13. The fraction of sp³-hybridized carbons (Fsp3) is 0.235. The highest BCUT2D eigenvalue weighted by Crippen LogP contribution is 2.23. The number of nitrogens with one attached hydrogen (secondary N) is 1. The highest BCUT2D eigenvalue weighted by atomic mass is 16.5. The normalized spacial score (nSPS) is 9.95. The molecule has 0 spiro atoms. The second-order valence-electron chi connectivity index (χ2n) is 4.41. The van der Waals surface area contributed by atoms with Crippen LogP contribution in [0.2, 0.25) is 0 Å². The summed E-state index contributed by atoms with van der Waals surface area (Å²) in [4.78, 5) is 11.5. The van der Waals surface area contributed by atoms with E-state index in [9.17, 15) is 4.79 Å². The van der Waals surface area contributed by atoms with Crippen LogP contribution in [0, 0.1) is 0 Å². The second kappa shape index (κ2) is 7.94. The van der Waals surface area contributed by atoms with Gasteiger partial charge in [0, 0.05) is 6.42 Å². The Labute approximate surface area is 124 Å². The van der Waals surface area contributed by atoms with Crippen molar-refractivity contribution in [2.24, 2.45) is 0 Å². The van der Waals surface area contributed by atoms with Crippen LogP contribution in [0.25, 0.3) is 0 Å². The molecule has 0 aliphatic carbocycles. The molecule has 1 amide bonds. The third kappa shape index (κ3) is 4.84. The average molecular weight is 285 g/mol. The number of anilines is 1. The molecule has 0 fully saturated rings. The summed E-state index contributed by atoms with van der Waals surface area (Å²) in [7, 11) is 0. The van der Waals surface area contributed by atoms with E-state index in [4.69, 9.17) is 9.47 Å². The zero-order valence-electron chi connectivity index (χ0n) is 12.0. The summed E-state index contributed by atoms with van der Waals surface area (Å²) in [6.45, 7) is 2.67. The van der Waals surface area contributed by atoms with Crippen molar-refractivity contribution < 1.29 is 14.3 Å². The summed E-state index contributed by atoms with van der Waals surface area (Å²) in [6, 6.07) is 17.0. The maximum absolute atomic E-state index is 11.5. The van der Waals surface area contributed by atoms with Gasteiger partial charge in [-0.05, 0) is 24.3 Å². The van der Waals surface area contributed by atoms with Crippen LogP contribution in [0.1, 0.15) is 13.3 Å². The smallest absolute Gasteiger partial charge is 0.224 e. The van der Waals surface area contributed by atoms with Crippen molar-refractivity contribution in [3.8, 4) is 11.5 Å². The first kappa shape index (κ1) is 14.9. The molecule has 0 bridgehead atoms. The molecule has 0 aliphatic heterocycles. The lowest BCUT2D eigenvalue weighted by molar-refractivity contribution is -0.115. The van der Waals surface area contributed by atoms with Gasteiger partial charge in [-0.2, -0.15) is 0 Å². The average Bonchev–Trinajstić information content (AvgIpc) is 2.54. The van der Waals surface area contributed by atoms with Gasteiger partial charge in [0.15, 0.2) is 0 Å². The third-order valence-corrected chi connectivity index (χ3v) is 2.84. The summed E-state index contributed by atoms with van der Waals surface area (Å²) in [5, 5.41) is 2.81. The van der Waals surface area contributed by atoms with E-state index in [1.807, 2.05) is 61.5 Å². The van der Waals surface area contributed by atoms with Crippen molar-refractivity contribution in [2.45, 2.75) is 13.3 Å². The van der Waals surface area contributed by atoms with Crippen LogP contribution in [0.15, 0.2) is 54.6 Å². The van der Waals surface area contributed by atoms with Gasteiger partial charge in [-0.3, -0.25) is 4.79 Å². The Balaban J connectivity index is 1.84. The Bertz CT molecular complexity index is 569. The van der Waals surface area contributed by atoms with E-state index in [0.717, 1.165) is 5.75 Å². The van der Waals surface area contributed by atoms with Gasteiger partial charge in [0.2, 0.25) is 5.91 Å². The van der Waals surface area contributed by atoms with Gasteiger partial charge in [0.1, 0.15) is 24.7 Å². The molecule has 0 aromatic heterocycles. The number of hydrogen-bond donors (Lipinski definition) is 1. The zero-order chi connectivity index (χ0) is 14.9. The fourth-order valence-electron chi connectivity index (χ4n) is 1.76. The first-order chi connectivity index (χ1) is 10.3. The highest BCUT2D eigenvalue weighted by molar-refractivity contribution is 5.91. The Morgan fingerprint density at radius 2 is 1.62 bits per heavy atom. The molecule has 0 saturated heterocycles. The first-order valence-corrected chi connectivity index (χ1v) is 6.99. The minimum absolute atomic E-state index is 0.0356. The number of carbonyl (C=O) groups is 1. The molecule has 0 saturated carbocycles. The Hall–Kier alpha value is -2.49. The highest BCUT2D eigenvalue weighted by Gasteiger charge is 2.05. The maximum Gasteiger partial charge on any atom is 0.224 e. The van der Waals surface area contributed by atoms with Gasteiger partial charge < -0.3 is 14.8 Å². The molecular formula is C17H19NO3. The van der Waals surface area contributed by atoms with Crippen LogP contribution in [-0.2, 0) is 4.79 Å². The van der Waals surface area contributed by atoms with Crippen molar-refractivity contribution in [1.29, 1.82) is 0 Å². The number of hydrogen-bond acceptors (Lipinski definition) is 3. The SMILES string of the molecule is CCC(=O)Nc1ccccc1OCCOc1ccccc1. The molecule has 4 nitrogen and oxygen atoms in total. The van der Waals surface area contributed by atoms with Gasteiger partial charge in [0.25, 0.3) is 0 Å². The van der Waals surface area contributed by atoms with Crippen LogP contribution in [-0.4, -0.2) is 19.1 Å². The van der Waals surface area contributed by atoms with Gasteiger partial charge in [-0.15, -0.1) is 0 Å². The summed E-state index contributed by atoms with van der Waals surface area (Å²) >= 11 is 0. The van der Waals surface area contributed by atoms with Gasteiger partial charge in [0.05, 0.1) is 5.69 Å². The molecule has 110 valence electrons. The molecule has 4 heteroatoms. The van der Waals surface area contributed by atoms with E-state index in [2.05, 4.69) is 5.32 Å². The van der Waals surface area contributed by atoms with E-state index in [0.29, 0.717) is 31.1 Å². The minimum atomic E-state index is -0.0356. The van der Waals surface area contributed by atoms with E-state index in [-0.39, 0.29) is 5.91 Å². The molecule has 0 unspecified atom stereocenters. The maximum atomic E-state index is 11.5. The molecule has 2 rings (SSSR count). The number of amides is 1. The molecule has 1 N–H and O–H groups in total. The lowest BCUT2D eigenvalue weighted by Gasteiger charge is -2.12. The van der Waals surface area contributed by atoms with E-state index >= 15 is 0 Å². The van der Waals surface area contributed by atoms with Gasteiger partial charge in [-0.25, -0.2) is 0 Å². The third-order valence-electron chi connectivity index (χ3n) is 2.84. The van der Waals surface area contributed by atoms with Crippen molar-refractivity contribution in [3.63, 3.8) is 0 Å². The number of benzene rings is 2. The Morgan fingerprint density at radius 3 is 2.38 bits per heavy atom. The standard InChI is InChI=1S/C17H19NO3/c1-2-17(19)18-15-10-6-7-11-16(15)21-13-12-20-14-8-4-3-5-9-14/h3-11H,2,12-13H2,1H3,(H,18,19). The van der Waals surface area contributed by atoms with Crippen LogP contribution < -0.4 is 14.8 Å². The molecule has 0 heterocycles. The van der Waals surface area contributed by atoms with Crippen molar-refractivity contribution in [1.82, 2.24) is 0 Å². The fourth-order valence-corrected chi connectivity index (χ4v) is 1.76. The number of ether oxygens (including phenoxy) is 2. The van der Waals surface area contributed by atoms with Crippen molar-refractivity contribution in [2.75, 3.05) is 18.5 Å². The van der Waals surface area contributed by atoms with E-state index < -0.39 is 0 Å². The Morgan fingerprint density at radius 1 is 0.952 bits per heavy atom. The van der Waals surface area contributed by atoms with Crippen molar-refractivity contribution >= 4 is 11.6 Å². The Kier molecular flexibility index (Phi) is 5.64. The predicted octanol–water partition coefficient (Wildman–Crippen LogP) is 3.49. The van der Waals surface area contributed by atoms with Crippen LogP contribution in [0.5, 0.6) is 11.5 Å². The zero-order valence-corrected chi connectivity index (χ0v) is 12.0. The quantitative estimate of drug-likeness (QED) is 0.792. The van der Waals surface area contributed by atoms with Gasteiger partial charge in [-0.1, -0.05) is 37.3 Å². The van der Waals surface area contributed by atoms with Gasteiger partial charge >= 0.3 is 0 Å². The molecule has 2 aromatic carbocycles. The van der Waals surface area contributed by atoms with Crippen molar-refractivity contribution in [3.05, 3.63) is 54.6 Å². The minimum Gasteiger partial charge on any atom is -0.490 e. The predicted molar refractivity (Wildman–Crippen MR) is 82.8 cm³/mol. The molecule has 0 atom stereocenters. The van der Waals surface area contributed by atoms with Crippen LogP contribution >= 0.6 is 0 Å². The van der Waals surface area contributed by atoms with E-state index in [1.165, 1.54) is 0 Å². The molecule has 0 aliphatic rings. The molecule has 2 aromatic rings. The second-order valence-corrected chi connectivity index (χ2v) is 4.41. The largest absolute Gasteiger partial charge is 0.490 e. The van der Waals surface area contributed by atoms with Crippen LogP contribution in [0.4, 0.5) is 5.69 Å². The van der Waals surface area contributed by atoms with Crippen LogP contribution in [0.3, 0.4) is 0 Å².